The molecule has 6 nitrogen and oxygen atoms in total. The predicted octanol–water partition coefficient (Wildman–Crippen LogP) is 5.13. The number of carbonyl (C=O) groups is 1. The molecule has 33 heavy (non-hydrogen) atoms. The van der Waals surface area contributed by atoms with Crippen LogP contribution in [0.25, 0.3) is 17.1 Å². The zero-order valence-electron chi connectivity index (χ0n) is 18.6. The fraction of sp³-hybridized carbons (Fsp3) is 0.200. The highest BCUT2D eigenvalue weighted by Crippen LogP contribution is 2.31. The molecule has 8 heteroatoms. The van der Waals surface area contributed by atoms with Crippen molar-refractivity contribution in [2.24, 2.45) is 0 Å². The van der Waals surface area contributed by atoms with Crippen molar-refractivity contribution in [3.8, 4) is 17.1 Å². The number of hydrogen-bond acceptors (Lipinski definition) is 5. The number of rotatable bonds is 7. The number of pyridine rings is 1. The van der Waals surface area contributed by atoms with Crippen LogP contribution in [-0.2, 0) is 4.79 Å². The van der Waals surface area contributed by atoms with Crippen molar-refractivity contribution in [2.75, 3.05) is 0 Å². The summed E-state index contributed by atoms with van der Waals surface area (Å²) >= 11 is 1.33. The van der Waals surface area contributed by atoms with Crippen LogP contribution in [-0.4, -0.2) is 30.9 Å². The van der Waals surface area contributed by atoms with Gasteiger partial charge in [0, 0.05) is 18.0 Å². The normalized spacial score (nSPS) is 12.8. The smallest absolute Gasteiger partial charge is 0.233 e. The van der Waals surface area contributed by atoms with Crippen LogP contribution in [0, 0.1) is 12.7 Å². The van der Waals surface area contributed by atoms with Crippen LogP contribution < -0.4 is 5.32 Å². The van der Waals surface area contributed by atoms with Crippen LogP contribution in [0.5, 0.6) is 0 Å². The van der Waals surface area contributed by atoms with Crippen molar-refractivity contribution < 1.29 is 9.18 Å². The van der Waals surface area contributed by atoms with Gasteiger partial charge in [-0.1, -0.05) is 42.1 Å². The molecule has 0 saturated heterocycles. The molecule has 1 N–H and O–H groups in total. The van der Waals surface area contributed by atoms with Crippen molar-refractivity contribution in [1.82, 2.24) is 25.1 Å². The summed E-state index contributed by atoms with van der Waals surface area (Å²) in [5, 5.41) is 12.0. The molecule has 0 fully saturated rings. The van der Waals surface area contributed by atoms with Gasteiger partial charge in [-0.05, 0) is 62.2 Å². The number of hydrogen-bond donors (Lipinski definition) is 1. The highest BCUT2D eigenvalue weighted by molar-refractivity contribution is 8.00. The molecule has 2 aromatic carbocycles. The van der Waals surface area contributed by atoms with Gasteiger partial charge >= 0.3 is 0 Å². The van der Waals surface area contributed by atoms with Gasteiger partial charge in [0.25, 0.3) is 0 Å². The Kier molecular flexibility index (Phi) is 6.84. The Morgan fingerprint density at radius 3 is 2.48 bits per heavy atom. The van der Waals surface area contributed by atoms with Gasteiger partial charge in [-0.3, -0.25) is 14.3 Å². The Hall–Kier alpha value is -3.52. The fourth-order valence-electron chi connectivity index (χ4n) is 3.44. The minimum Gasteiger partial charge on any atom is -0.349 e. The quantitative estimate of drug-likeness (QED) is 0.386. The van der Waals surface area contributed by atoms with E-state index in [1.165, 1.54) is 23.9 Å². The summed E-state index contributed by atoms with van der Waals surface area (Å²) in [6.45, 7) is 5.73. The molecule has 1 amide bonds. The third-order valence-corrected chi connectivity index (χ3v) is 6.33. The molecular formula is C25H24FN5OS. The fourth-order valence-corrected chi connectivity index (χ4v) is 4.31. The van der Waals surface area contributed by atoms with Gasteiger partial charge < -0.3 is 5.32 Å². The minimum absolute atomic E-state index is 0.140. The molecule has 2 atom stereocenters. The van der Waals surface area contributed by atoms with Crippen LogP contribution in [0.1, 0.15) is 31.0 Å². The van der Waals surface area contributed by atoms with Gasteiger partial charge in [0.05, 0.1) is 17.0 Å². The summed E-state index contributed by atoms with van der Waals surface area (Å²) in [5.41, 5.74) is 3.67. The summed E-state index contributed by atoms with van der Waals surface area (Å²) in [6, 6.07) is 17.6. The standard InChI is InChI=1S/C25H24FN5OS/c1-16-7-4-5-9-22(16)31-23(20-8-6-14-27-15-20)29-30-25(31)33-18(3)24(32)28-17(2)19-10-12-21(26)13-11-19/h4-15,17-18H,1-3H3,(H,28,32). The largest absolute Gasteiger partial charge is 0.349 e. The van der Waals surface area contributed by atoms with Gasteiger partial charge in [0.1, 0.15) is 5.82 Å². The third-order valence-electron chi connectivity index (χ3n) is 5.29. The summed E-state index contributed by atoms with van der Waals surface area (Å²) in [4.78, 5) is 17.1. The number of halogens is 1. The van der Waals surface area contributed by atoms with E-state index in [0.29, 0.717) is 11.0 Å². The zero-order valence-corrected chi connectivity index (χ0v) is 19.4. The Labute approximate surface area is 196 Å². The Bertz CT molecular complexity index is 1240. The van der Waals surface area contributed by atoms with Crippen molar-refractivity contribution in [1.29, 1.82) is 0 Å². The van der Waals surface area contributed by atoms with Gasteiger partial charge in [-0.25, -0.2) is 4.39 Å². The van der Waals surface area contributed by atoms with E-state index in [0.717, 1.165) is 22.4 Å². The van der Waals surface area contributed by atoms with E-state index in [-0.39, 0.29) is 17.8 Å². The minimum atomic E-state index is -0.429. The number of amides is 1. The third kappa shape index (κ3) is 5.12. The zero-order chi connectivity index (χ0) is 23.4. The predicted molar refractivity (Wildman–Crippen MR) is 128 cm³/mol. The molecule has 0 aliphatic rings. The molecule has 0 saturated carbocycles. The lowest BCUT2D eigenvalue weighted by Crippen LogP contribution is -2.33. The second kappa shape index (κ2) is 9.95. The maximum absolute atomic E-state index is 13.2. The van der Waals surface area contributed by atoms with Gasteiger partial charge in [-0.15, -0.1) is 10.2 Å². The average molecular weight is 462 g/mol. The number of benzene rings is 2. The first-order chi connectivity index (χ1) is 15.9. The maximum Gasteiger partial charge on any atom is 0.233 e. The van der Waals surface area contributed by atoms with Crippen molar-refractivity contribution in [3.05, 3.63) is 90.0 Å². The molecule has 4 rings (SSSR count). The summed E-state index contributed by atoms with van der Waals surface area (Å²) in [7, 11) is 0. The number of aryl methyl sites for hydroxylation is 1. The Morgan fingerprint density at radius 2 is 1.79 bits per heavy atom. The molecule has 0 aliphatic heterocycles. The van der Waals surface area contributed by atoms with Crippen LogP contribution >= 0.6 is 11.8 Å². The molecule has 4 aromatic rings. The lowest BCUT2D eigenvalue weighted by atomic mass is 10.1. The Morgan fingerprint density at radius 1 is 1.03 bits per heavy atom. The molecule has 0 bridgehead atoms. The average Bonchev–Trinajstić information content (AvgIpc) is 3.23. The van der Waals surface area contributed by atoms with Gasteiger partial charge in [-0.2, -0.15) is 0 Å². The Balaban J connectivity index is 1.60. The van der Waals surface area contributed by atoms with Crippen LogP contribution in [0.15, 0.2) is 78.2 Å². The van der Waals surface area contributed by atoms with Crippen LogP contribution in [0.2, 0.25) is 0 Å². The molecule has 0 radical (unpaired) electrons. The van der Waals surface area contributed by atoms with E-state index in [1.807, 2.05) is 61.7 Å². The summed E-state index contributed by atoms with van der Waals surface area (Å²) < 4.78 is 15.2. The van der Waals surface area contributed by atoms with Crippen molar-refractivity contribution in [2.45, 2.75) is 37.2 Å². The summed E-state index contributed by atoms with van der Waals surface area (Å²) in [5.74, 6) is 0.215. The second-order valence-electron chi connectivity index (χ2n) is 7.71. The highest BCUT2D eigenvalue weighted by atomic mass is 32.2. The lowest BCUT2D eigenvalue weighted by Gasteiger charge is -2.18. The first kappa shape index (κ1) is 22.7. The van der Waals surface area contributed by atoms with E-state index in [1.54, 1.807) is 24.5 Å². The van der Waals surface area contributed by atoms with Crippen LogP contribution in [0.3, 0.4) is 0 Å². The first-order valence-electron chi connectivity index (χ1n) is 10.6. The highest BCUT2D eigenvalue weighted by Gasteiger charge is 2.23. The van der Waals surface area contributed by atoms with Gasteiger partial charge in [0.15, 0.2) is 11.0 Å². The van der Waals surface area contributed by atoms with Crippen molar-refractivity contribution in [3.63, 3.8) is 0 Å². The second-order valence-corrected chi connectivity index (χ2v) is 9.02. The maximum atomic E-state index is 13.2. The molecule has 2 aromatic heterocycles. The number of aromatic nitrogens is 4. The molecular weight excluding hydrogens is 437 g/mol. The molecule has 168 valence electrons. The number of nitrogens with one attached hydrogen (secondary N) is 1. The van der Waals surface area contributed by atoms with Crippen molar-refractivity contribution >= 4 is 17.7 Å². The summed E-state index contributed by atoms with van der Waals surface area (Å²) in [6.07, 6.45) is 3.45. The van der Waals surface area contributed by atoms with Gasteiger partial charge in [0.2, 0.25) is 5.91 Å². The number of carbonyl (C=O) groups excluding carboxylic acids is 1. The molecule has 0 aliphatic carbocycles. The van der Waals surface area contributed by atoms with E-state index < -0.39 is 5.25 Å². The number of para-hydroxylation sites is 1. The molecule has 0 spiro atoms. The first-order valence-corrected chi connectivity index (χ1v) is 11.5. The lowest BCUT2D eigenvalue weighted by molar-refractivity contribution is -0.120. The van der Waals surface area contributed by atoms with E-state index in [2.05, 4.69) is 20.5 Å². The van der Waals surface area contributed by atoms with E-state index >= 15 is 0 Å². The number of nitrogens with zero attached hydrogens (tertiary/aromatic N) is 4. The molecule has 2 heterocycles. The molecule has 2 unspecified atom stereocenters. The monoisotopic (exact) mass is 461 g/mol. The topological polar surface area (TPSA) is 72.7 Å². The van der Waals surface area contributed by atoms with E-state index in [9.17, 15) is 9.18 Å². The van der Waals surface area contributed by atoms with E-state index in [4.69, 9.17) is 0 Å². The SMILES string of the molecule is Cc1ccccc1-n1c(SC(C)C(=O)NC(C)c2ccc(F)cc2)nnc1-c1cccnc1. The number of thioether (sulfide) groups is 1. The van der Waals surface area contributed by atoms with Crippen LogP contribution in [0.4, 0.5) is 4.39 Å².